The fourth-order valence-electron chi connectivity index (χ4n) is 3.02. The molecule has 1 saturated heterocycles. The number of hydrogen-bond donors (Lipinski definition) is 0. The number of anilines is 1. The van der Waals surface area contributed by atoms with Crippen molar-refractivity contribution >= 4 is 50.3 Å². The minimum atomic E-state index is 0.535. The molecule has 1 aliphatic heterocycles. The van der Waals surface area contributed by atoms with E-state index in [1.165, 1.54) is 4.90 Å². The lowest BCUT2D eigenvalue weighted by Crippen LogP contribution is -2.36. The second-order valence-electron chi connectivity index (χ2n) is 6.46. The minimum Gasteiger partial charge on any atom is -0.378 e. The van der Waals surface area contributed by atoms with E-state index in [9.17, 15) is 0 Å². The molecule has 0 atom stereocenters. The van der Waals surface area contributed by atoms with Gasteiger partial charge >= 0.3 is 0 Å². The van der Waals surface area contributed by atoms with E-state index in [1.54, 1.807) is 41.2 Å². The van der Waals surface area contributed by atoms with Gasteiger partial charge in [-0.3, -0.25) is 0 Å². The summed E-state index contributed by atoms with van der Waals surface area (Å²) in [6, 6.07) is 8.12. The highest BCUT2D eigenvalue weighted by atomic mass is 32.2. The number of ether oxygens (including phenoxy) is 1. The van der Waals surface area contributed by atoms with Crippen LogP contribution in [0.5, 0.6) is 0 Å². The van der Waals surface area contributed by atoms with Gasteiger partial charge in [-0.05, 0) is 30.5 Å². The number of nitrogens with zero attached hydrogens (tertiary/aromatic N) is 6. The maximum absolute atomic E-state index is 5.44. The van der Waals surface area contributed by atoms with Crippen LogP contribution in [0, 0.1) is 0 Å². The van der Waals surface area contributed by atoms with E-state index in [1.807, 2.05) is 12.1 Å². The molecule has 0 amide bonds. The average Bonchev–Trinajstić information content (AvgIpc) is 3.46. The first-order valence-electron chi connectivity index (χ1n) is 9.34. The lowest BCUT2D eigenvalue weighted by atomic mass is 10.2. The summed E-state index contributed by atoms with van der Waals surface area (Å²) in [6.07, 6.45) is 3.61. The standard InChI is InChI=1S/C19H18N6O2S3/c1-28-13-4-2-12(3-5-13)16-22-14(27-24-16)10-29-18-15-17(20-11-21-18)23-19(30-15)25-6-8-26-9-7-25/h2-5,11H,6-10H2,1H3. The largest absolute Gasteiger partial charge is 0.378 e. The monoisotopic (exact) mass is 458 g/mol. The van der Waals surface area contributed by atoms with E-state index in [-0.39, 0.29) is 0 Å². The Hall–Kier alpha value is -2.21. The zero-order valence-electron chi connectivity index (χ0n) is 16.1. The van der Waals surface area contributed by atoms with Crippen LogP contribution in [0.25, 0.3) is 21.7 Å². The van der Waals surface area contributed by atoms with Crippen molar-refractivity contribution in [2.24, 2.45) is 0 Å². The van der Waals surface area contributed by atoms with Crippen LogP contribution < -0.4 is 4.90 Å². The second-order valence-corrected chi connectivity index (χ2v) is 9.28. The van der Waals surface area contributed by atoms with Crippen molar-refractivity contribution in [2.45, 2.75) is 15.7 Å². The zero-order chi connectivity index (χ0) is 20.3. The van der Waals surface area contributed by atoms with Crippen molar-refractivity contribution < 1.29 is 9.26 Å². The number of morpholine rings is 1. The van der Waals surface area contributed by atoms with E-state index in [4.69, 9.17) is 9.26 Å². The van der Waals surface area contributed by atoms with Crippen LogP contribution in [0.1, 0.15) is 5.89 Å². The number of thioether (sulfide) groups is 2. The number of benzene rings is 1. The SMILES string of the molecule is CSc1ccc(-c2noc(CSc3ncnc4nc(N5CCOCC5)sc34)n2)cc1. The van der Waals surface area contributed by atoms with Gasteiger partial charge in [0.15, 0.2) is 10.8 Å². The summed E-state index contributed by atoms with van der Waals surface area (Å²) in [7, 11) is 0. The van der Waals surface area contributed by atoms with Gasteiger partial charge in [0, 0.05) is 23.5 Å². The highest BCUT2D eigenvalue weighted by Crippen LogP contribution is 2.35. The second kappa shape index (κ2) is 8.88. The van der Waals surface area contributed by atoms with E-state index in [2.05, 4.69) is 48.4 Å². The summed E-state index contributed by atoms with van der Waals surface area (Å²) in [4.78, 5) is 21.4. The van der Waals surface area contributed by atoms with Gasteiger partial charge in [0.2, 0.25) is 11.7 Å². The fraction of sp³-hybridized carbons (Fsp3) is 0.316. The molecular weight excluding hydrogens is 440 g/mol. The highest BCUT2D eigenvalue weighted by molar-refractivity contribution is 7.99. The molecule has 0 spiro atoms. The average molecular weight is 459 g/mol. The number of rotatable bonds is 6. The molecule has 154 valence electrons. The molecule has 1 fully saturated rings. The summed E-state index contributed by atoms with van der Waals surface area (Å²) >= 11 is 4.87. The van der Waals surface area contributed by atoms with E-state index < -0.39 is 0 Å². The van der Waals surface area contributed by atoms with Crippen LogP contribution >= 0.6 is 34.9 Å². The van der Waals surface area contributed by atoms with Crippen molar-refractivity contribution in [3.05, 3.63) is 36.5 Å². The summed E-state index contributed by atoms with van der Waals surface area (Å²) in [5, 5.41) is 5.95. The van der Waals surface area contributed by atoms with Crippen molar-refractivity contribution in [3.63, 3.8) is 0 Å². The summed E-state index contributed by atoms with van der Waals surface area (Å²) in [5.74, 6) is 1.69. The van der Waals surface area contributed by atoms with Gasteiger partial charge < -0.3 is 14.2 Å². The summed E-state index contributed by atoms with van der Waals surface area (Å²) in [6.45, 7) is 3.14. The number of hydrogen-bond acceptors (Lipinski definition) is 11. The molecule has 30 heavy (non-hydrogen) atoms. The molecule has 4 aromatic rings. The van der Waals surface area contributed by atoms with E-state index in [0.717, 1.165) is 52.4 Å². The van der Waals surface area contributed by atoms with Crippen LogP contribution in [0.2, 0.25) is 0 Å². The Balaban J connectivity index is 1.31. The third-order valence-corrected chi connectivity index (χ3v) is 7.54. The molecular formula is C19H18N6O2S3. The third-order valence-electron chi connectivity index (χ3n) is 4.58. The minimum absolute atomic E-state index is 0.535. The van der Waals surface area contributed by atoms with Gasteiger partial charge in [0.1, 0.15) is 16.1 Å². The Labute approximate surface area is 185 Å². The van der Waals surface area contributed by atoms with Crippen LogP contribution in [0.15, 0.2) is 45.0 Å². The van der Waals surface area contributed by atoms with Gasteiger partial charge in [-0.15, -0.1) is 11.8 Å². The number of aromatic nitrogens is 5. The Morgan fingerprint density at radius 2 is 1.93 bits per heavy atom. The quantitative estimate of drug-likeness (QED) is 0.312. The van der Waals surface area contributed by atoms with Crippen molar-refractivity contribution in [2.75, 3.05) is 37.5 Å². The molecule has 1 aromatic carbocycles. The fourth-order valence-corrected chi connectivity index (χ4v) is 5.40. The zero-order valence-corrected chi connectivity index (χ0v) is 18.6. The Morgan fingerprint density at radius 1 is 1.10 bits per heavy atom. The first kappa shape index (κ1) is 19.7. The normalized spacial score (nSPS) is 14.5. The highest BCUT2D eigenvalue weighted by Gasteiger charge is 2.19. The maximum Gasteiger partial charge on any atom is 0.237 e. The Kier molecular flexibility index (Phi) is 5.84. The lowest BCUT2D eigenvalue weighted by Gasteiger charge is -2.25. The molecule has 0 N–H and O–H groups in total. The molecule has 0 unspecified atom stereocenters. The molecule has 3 aromatic heterocycles. The summed E-state index contributed by atoms with van der Waals surface area (Å²) in [5.41, 5.74) is 1.66. The predicted molar refractivity (Wildman–Crippen MR) is 119 cm³/mol. The summed E-state index contributed by atoms with van der Waals surface area (Å²) < 4.78 is 11.9. The van der Waals surface area contributed by atoms with E-state index in [0.29, 0.717) is 17.5 Å². The van der Waals surface area contributed by atoms with Crippen molar-refractivity contribution in [1.29, 1.82) is 0 Å². The van der Waals surface area contributed by atoms with Crippen molar-refractivity contribution in [1.82, 2.24) is 25.1 Å². The van der Waals surface area contributed by atoms with Gasteiger partial charge in [-0.1, -0.05) is 28.3 Å². The predicted octanol–water partition coefficient (Wildman–Crippen LogP) is 3.99. The maximum atomic E-state index is 5.44. The molecule has 5 rings (SSSR count). The molecule has 0 aliphatic carbocycles. The number of fused-ring (bicyclic) bond motifs is 1. The molecule has 1 aliphatic rings. The molecule has 11 heteroatoms. The van der Waals surface area contributed by atoms with Gasteiger partial charge in [0.25, 0.3) is 0 Å². The molecule has 0 saturated carbocycles. The molecule has 0 radical (unpaired) electrons. The molecule has 0 bridgehead atoms. The van der Waals surface area contributed by atoms with Crippen LogP contribution in [0.3, 0.4) is 0 Å². The van der Waals surface area contributed by atoms with Crippen LogP contribution in [0.4, 0.5) is 5.13 Å². The first-order chi connectivity index (χ1) is 14.8. The van der Waals surface area contributed by atoms with Gasteiger partial charge in [-0.25, -0.2) is 9.97 Å². The molecule has 4 heterocycles. The molecule has 8 nitrogen and oxygen atoms in total. The lowest BCUT2D eigenvalue weighted by molar-refractivity contribution is 0.122. The van der Waals surface area contributed by atoms with Crippen LogP contribution in [-0.4, -0.2) is 57.7 Å². The smallest absolute Gasteiger partial charge is 0.237 e. The van der Waals surface area contributed by atoms with Gasteiger partial charge in [-0.2, -0.15) is 9.97 Å². The Morgan fingerprint density at radius 3 is 2.73 bits per heavy atom. The van der Waals surface area contributed by atoms with Crippen LogP contribution in [-0.2, 0) is 10.5 Å². The van der Waals surface area contributed by atoms with Crippen molar-refractivity contribution in [3.8, 4) is 11.4 Å². The first-order valence-corrected chi connectivity index (χ1v) is 12.4. The van der Waals surface area contributed by atoms with E-state index >= 15 is 0 Å². The Bertz CT molecular complexity index is 1140. The third kappa shape index (κ3) is 4.15. The van der Waals surface area contributed by atoms with Gasteiger partial charge in [0.05, 0.1) is 19.0 Å². The topological polar surface area (TPSA) is 90.1 Å². The number of thiazole rings is 1.